The molecule has 0 heterocycles. The van der Waals surface area contributed by atoms with E-state index in [9.17, 15) is 4.79 Å². The van der Waals surface area contributed by atoms with Crippen LogP contribution in [-0.2, 0) is 9.53 Å². The molecule has 0 aromatic carbocycles. The van der Waals surface area contributed by atoms with Gasteiger partial charge in [-0.1, -0.05) is 149 Å². The van der Waals surface area contributed by atoms with E-state index in [-0.39, 0.29) is 5.97 Å². The summed E-state index contributed by atoms with van der Waals surface area (Å²) in [5.41, 5.74) is 3.39. The van der Waals surface area contributed by atoms with Crippen molar-refractivity contribution in [2.75, 3.05) is 26.7 Å². The molecule has 284 valence electrons. The Labute approximate surface area is 307 Å². The van der Waals surface area contributed by atoms with Gasteiger partial charge >= 0.3 is 5.97 Å². The molecule has 0 aliphatic rings. The van der Waals surface area contributed by atoms with Crippen molar-refractivity contribution in [3.05, 3.63) is 54.3 Å². The maximum absolute atomic E-state index is 12.3. The summed E-state index contributed by atoms with van der Waals surface area (Å²) in [4.78, 5) is 14.7. The fraction of sp³-hybridized carbons (Fsp3) is 0.783. The van der Waals surface area contributed by atoms with Crippen LogP contribution in [0.25, 0.3) is 0 Å². The SMILES string of the molecule is CCCC/C=C/C=C\C/C=C\CCCCCCCCCCC(CCC=C=CCCCC(=O)OCC(CCC(C)C)C(C)C)CCN(C)CC. The lowest BCUT2D eigenvalue weighted by molar-refractivity contribution is -0.145. The number of ether oxygens (including phenoxy) is 1. The summed E-state index contributed by atoms with van der Waals surface area (Å²) < 4.78 is 5.63. The lowest BCUT2D eigenvalue weighted by atomic mass is 9.89. The average Bonchev–Trinajstić information content (AvgIpc) is 3.08. The van der Waals surface area contributed by atoms with Gasteiger partial charge in [0.2, 0.25) is 0 Å². The van der Waals surface area contributed by atoms with E-state index >= 15 is 0 Å². The van der Waals surface area contributed by atoms with Crippen molar-refractivity contribution in [2.24, 2.45) is 23.7 Å². The van der Waals surface area contributed by atoms with Crippen LogP contribution in [0.2, 0.25) is 0 Å². The summed E-state index contributed by atoms with van der Waals surface area (Å²) in [5, 5.41) is 0. The molecule has 0 aliphatic carbocycles. The van der Waals surface area contributed by atoms with E-state index in [0.717, 1.165) is 44.6 Å². The first-order valence-electron chi connectivity index (χ1n) is 21.0. The van der Waals surface area contributed by atoms with Crippen LogP contribution in [0.1, 0.15) is 183 Å². The van der Waals surface area contributed by atoms with Crippen LogP contribution in [0, 0.1) is 23.7 Å². The third-order valence-corrected chi connectivity index (χ3v) is 9.94. The molecule has 0 saturated heterocycles. The molecule has 0 amide bonds. The van der Waals surface area contributed by atoms with Gasteiger partial charge in [0, 0.05) is 6.42 Å². The monoisotopic (exact) mass is 682 g/mol. The Kier molecular flexibility index (Phi) is 34.6. The van der Waals surface area contributed by atoms with E-state index in [1.807, 2.05) is 0 Å². The molecule has 0 aromatic heterocycles. The zero-order valence-corrected chi connectivity index (χ0v) is 33.9. The minimum atomic E-state index is -0.0448. The number of rotatable bonds is 34. The molecule has 0 N–H and O–H groups in total. The van der Waals surface area contributed by atoms with Crippen LogP contribution < -0.4 is 0 Å². The van der Waals surface area contributed by atoms with Crippen molar-refractivity contribution >= 4 is 5.97 Å². The highest BCUT2D eigenvalue weighted by Gasteiger charge is 2.16. The van der Waals surface area contributed by atoms with E-state index in [2.05, 4.69) is 108 Å². The fourth-order valence-corrected chi connectivity index (χ4v) is 6.04. The quantitative estimate of drug-likeness (QED) is 0.0223. The number of allylic oxidation sites excluding steroid dienone is 7. The second-order valence-corrected chi connectivity index (χ2v) is 15.4. The van der Waals surface area contributed by atoms with Crippen molar-refractivity contribution in [1.29, 1.82) is 0 Å². The molecule has 0 fully saturated rings. The molecule has 0 rings (SSSR count). The summed E-state index contributed by atoms with van der Waals surface area (Å²) in [6, 6.07) is 0. The van der Waals surface area contributed by atoms with E-state index in [1.54, 1.807) is 0 Å². The van der Waals surface area contributed by atoms with Gasteiger partial charge in [0.25, 0.3) is 0 Å². The van der Waals surface area contributed by atoms with Crippen LogP contribution in [-0.4, -0.2) is 37.6 Å². The molecular weight excluding hydrogens is 599 g/mol. The number of carbonyl (C=O) groups excluding carboxylic acids is 1. The minimum Gasteiger partial charge on any atom is -0.465 e. The number of esters is 1. The summed E-state index contributed by atoms with van der Waals surface area (Å²) >= 11 is 0. The molecule has 0 aromatic rings. The number of unbranched alkanes of at least 4 members (excludes halogenated alkanes) is 11. The molecule has 0 bridgehead atoms. The zero-order chi connectivity index (χ0) is 36.2. The van der Waals surface area contributed by atoms with E-state index < -0.39 is 0 Å². The number of nitrogens with zero attached hydrogens (tertiary/aromatic N) is 1. The Hall–Kier alpha value is -1.83. The lowest BCUT2D eigenvalue weighted by Crippen LogP contribution is -2.21. The van der Waals surface area contributed by atoms with Gasteiger partial charge in [0.1, 0.15) is 0 Å². The number of hydrogen-bond donors (Lipinski definition) is 0. The molecule has 3 heteroatoms. The molecule has 49 heavy (non-hydrogen) atoms. The van der Waals surface area contributed by atoms with Crippen molar-refractivity contribution in [3.63, 3.8) is 0 Å². The average molecular weight is 682 g/mol. The summed E-state index contributed by atoms with van der Waals surface area (Å²) in [5.74, 6) is 2.49. The molecular formula is C46H83NO2. The fourth-order valence-electron chi connectivity index (χ4n) is 6.04. The Morgan fingerprint density at radius 1 is 0.673 bits per heavy atom. The standard InChI is InChI=1S/C46H83NO2/c1-8-10-11-12-13-14-15-16-17-18-19-20-21-22-23-24-25-28-31-34-44(39-40-47(7)9-2)35-32-29-26-27-30-33-36-46(48)49-41-45(43(5)6)38-37-42(3)4/h12-15,17-18,27,29,42-45H,8-11,16,19-25,28,30-41H2,1-7H3/b13-12+,15-14-,18-17-. The third kappa shape index (κ3) is 34.4. The van der Waals surface area contributed by atoms with Gasteiger partial charge in [-0.2, -0.15) is 0 Å². The normalized spacial score (nSPS) is 13.3. The van der Waals surface area contributed by atoms with Crippen molar-refractivity contribution in [2.45, 2.75) is 183 Å². The second kappa shape index (κ2) is 36.0. The minimum absolute atomic E-state index is 0.0448. The first-order chi connectivity index (χ1) is 23.8. The van der Waals surface area contributed by atoms with Gasteiger partial charge in [0.05, 0.1) is 6.61 Å². The van der Waals surface area contributed by atoms with E-state index in [4.69, 9.17) is 4.74 Å². The van der Waals surface area contributed by atoms with Crippen molar-refractivity contribution in [1.82, 2.24) is 4.90 Å². The predicted molar refractivity (Wildman–Crippen MR) is 218 cm³/mol. The summed E-state index contributed by atoms with van der Waals surface area (Å²) in [7, 11) is 2.24. The Morgan fingerprint density at radius 3 is 2.04 bits per heavy atom. The molecule has 0 aliphatic heterocycles. The Balaban J connectivity index is 4.07. The maximum Gasteiger partial charge on any atom is 0.305 e. The largest absolute Gasteiger partial charge is 0.465 e. The number of carbonyl (C=O) groups is 1. The number of hydrogen-bond acceptors (Lipinski definition) is 3. The second-order valence-electron chi connectivity index (χ2n) is 15.4. The van der Waals surface area contributed by atoms with Gasteiger partial charge in [-0.15, -0.1) is 5.73 Å². The smallest absolute Gasteiger partial charge is 0.305 e. The van der Waals surface area contributed by atoms with Crippen molar-refractivity contribution in [3.8, 4) is 0 Å². The van der Waals surface area contributed by atoms with Gasteiger partial charge in [-0.25, -0.2) is 0 Å². The maximum atomic E-state index is 12.3. The van der Waals surface area contributed by atoms with Crippen LogP contribution in [0.15, 0.2) is 54.3 Å². The molecule has 3 nitrogen and oxygen atoms in total. The van der Waals surface area contributed by atoms with Crippen LogP contribution >= 0.6 is 0 Å². The van der Waals surface area contributed by atoms with E-state index in [1.165, 1.54) is 109 Å². The highest BCUT2D eigenvalue weighted by molar-refractivity contribution is 5.69. The highest BCUT2D eigenvalue weighted by Crippen LogP contribution is 2.22. The molecule has 0 saturated carbocycles. The summed E-state index contributed by atoms with van der Waals surface area (Å²) in [6.45, 7) is 16.4. The molecule has 0 radical (unpaired) electrons. The van der Waals surface area contributed by atoms with Gasteiger partial charge in [-0.3, -0.25) is 4.79 Å². The van der Waals surface area contributed by atoms with Gasteiger partial charge in [-0.05, 0) is 120 Å². The Morgan fingerprint density at radius 2 is 1.35 bits per heavy atom. The topological polar surface area (TPSA) is 29.5 Å². The van der Waals surface area contributed by atoms with Crippen molar-refractivity contribution < 1.29 is 9.53 Å². The predicted octanol–water partition coefficient (Wildman–Crippen LogP) is 14.0. The van der Waals surface area contributed by atoms with Gasteiger partial charge < -0.3 is 9.64 Å². The first-order valence-corrected chi connectivity index (χ1v) is 21.0. The van der Waals surface area contributed by atoms with Crippen LogP contribution in [0.3, 0.4) is 0 Å². The highest BCUT2D eigenvalue weighted by atomic mass is 16.5. The van der Waals surface area contributed by atoms with Gasteiger partial charge in [0.15, 0.2) is 0 Å². The zero-order valence-electron chi connectivity index (χ0n) is 33.9. The Bertz CT molecular complexity index is 876. The molecule has 0 spiro atoms. The van der Waals surface area contributed by atoms with Crippen LogP contribution in [0.4, 0.5) is 0 Å². The summed E-state index contributed by atoms with van der Waals surface area (Å²) in [6.07, 6.45) is 44.7. The lowest BCUT2D eigenvalue weighted by Gasteiger charge is -2.21. The van der Waals surface area contributed by atoms with Crippen LogP contribution in [0.5, 0.6) is 0 Å². The first kappa shape index (κ1) is 47.2. The van der Waals surface area contributed by atoms with E-state index in [0.29, 0.717) is 30.8 Å². The third-order valence-electron chi connectivity index (χ3n) is 9.94. The molecule has 2 atom stereocenters. The molecule has 2 unspecified atom stereocenters.